The van der Waals surface area contributed by atoms with Gasteiger partial charge in [-0.2, -0.15) is 18.2 Å². The largest absolute Gasteiger partial charge is 0.493 e. The second-order valence-corrected chi connectivity index (χ2v) is 8.80. The normalized spacial score (nSPS) is 16.8. The van der Waals surface area contributed by atoms with Crippen LogP contribution in [-0.2, 0) is 32.1 Å². The highest BCUT2D eigenvalue weighted by Crippen LogP contribution is 2.27. The number of hydrogen-bond donors (Lipinski definition) is 0. The van der Waals surface area contributed by atoms with Gasteiger partial charge in [-0.15, -0.1) is 0 Å². The number of ether oxygens (including phenoxy) is 1. The van der Waals surface area contributed by atoms with Crippen molar-refractivity contribution in [3.8, 4) is 0 Å². The highest BCUT2D eigenvalue weighted by Gasteiger charge is 2.44. The average Bonchev–Trinajstić information content (AvgIpc) is 2.77. The number of benzene rings is 2. The fourth-order valence-electron chi connectivity index (χ4n) is 3.34. The molecule has 0 aromatic heterocycles. The maximum absolute atomic E-state index is 12.8. The number of amides is 1. The van der Waals surface area contributed by atoms with Gasteiger partial charge in [0, 0.05) is 24.7 Å². The Morgan fingerprint density at radius 3 is 2.50 bits per heavy atom. The monoisotopic (exact) mass is 538 g/mol. The number of carbonyl (C=O) groups excluding carboxylic acids is 2. The molecule has 184 valence electrons. The molecule has 0 radical (unpaired) electrons. The molecule has 1 fully saturated rings. The van der Waals surface area contributed by atoms with E-state index < -0.39 is 24.2 Å². The van der Waals surface area contributed by atoms with Crippen LogP contribution in [0.1, 0.15) is 11.1 Å². The van der Waals surface area contributed by atoms with E-state index in [1.54, 1.807) is 36.4 Å². The Kier molecular flexibility index (Phi) is 9.06. The third-order valence-corrected chi connectivity index (χ3v) is 6.10. The molecule has 1 atom stereocenters. The third-order valence-electron chi connectivity index (χ3n) is 4.99. The molecule has 34 heavy (non-hydrogen) atoms. The van der Waals surface area contributed by atoms with Crippen molar-refractivity contribution < 1.29 is 32.3 Å². The molecule has 0 N–H and O–H groups in total. The van der Waals surface area contributed by atoms with Crippen LogP contribution in [0, 0.1) is 0 Å². The molecule has 0 spiro atoms. The Labute approximate surface area is 209 Å². The van der Waals surface area contributed by atoms with Crippen LogP contribution in [-0.4, -0.2) is 60.4 Å². The summed E-state index contributed by atoms with van der Waals surface area (Å²) in [4.78, 5) is 30.6. The van der Waals surface area contributed by atoms with Crippen LogP contribution in [0.25, 0.3) is 0 Å². The van der Waals surface area contributed by atoms with E-state index in [0.29, 0.717) is 38.8 Å². The van der Waals surface area contributed by atoms with Crippen molar-refractivity contribution in [2.24, 2.45) is 0 Å². The zero-order valence-corrected chi connectivity index (χ0v) is 19.9. The standard InChI is InChI=1S/C22H20Cl3F3N2O4/c23-16-6-4-14(5-7-16)10-19(31)30(34-21(32)22(26,27)28)13-17-12-29(8-9-33-17)11-15-2-1-3-18(24)20(15)25/h1-7,17H,8-13H2. The molecule has 0 saturated carbocycles. The minimum Gasteiger partial charge on any atom is -0.374 e. The summed E-state index contributed by atoms with van der Waals surface area (Å²) in [6, 6.07) is 11.4. The predicted molar refractivity (Wildman–Crippen MR) is 120 cm³/mol. The van der Waals surface area contributed by atoms with Crippen molar-refractivity contribution in [1.82, 2.24) is 9.96 Å². The van der Waals surface area contributed by atoms with Gasteiger partial charge in [0.2, 0.25) is 0 Å². The lowest BCUT2D eigenvalue weighted by atomic mass is 10.1. The molecule has 6 nitrogen and oxygen atoms in total. The first kappa shape index (κ1) is 26.6. The number of hydrogen-bond acceptors (Lipinski definition) is 5. The van der Waals surface area contributed by atoms with Crippen LogP contribution in [0.4, 0.5) is 13.2 Å². The maximum atomic E-state index is 12.8. The summed E-state index contributed by atoms with van der Waals surface area (Å²) >= 11 is 18.1. The highest BCUT2D eigenvalue weighted by atomic mass is 35.5. The first-order valence-corrected chi connectivity index (χ1v) is 11.3. The first-order valence-electron chi connectivity index (χ1n) is 10.1. The minimum atomic E-state index is -5.26. The molecule has 2 aromatic carbocycles. The van der Waals surface area contributed by atoms with Gasteiger partial charge in [-0.05, 0) is 29.3 Å². The number of halogens is 6. The van der Waals surface area contributed by atoms with Gasteiger partial charge in [-0.3, -0.25) is 9.69 Å². The fraction of sp³-hybridized carbons (Fsp3) is 0.364. The number of morpholine rings is 1. The molecule has 1 heterocycles. The van der Waals surface area contributed by atoms with Crippen LogP contribution in [0.5, 0.6) is 0 Å². The zero-order valence-electron chi connectivity index (χ0n) is 17.7. The van der Waals surface area contributed by atoms with Crippen LogP contribution in [0.3, 0.4) is 0 Å². The van der Waals surface area contributed by atoms with Gasteiger partial charge in [-0.25, -0.2) is 4.79 Å². The lowest BCUT2D eigenvalue weighted by Gasteiger charge is -2.35. The molecule has 0 aliphatic carbocycles. The van der Waals surface area contributed by atoms with Crippen molar-refractivity contribution in [3.05, 3.63) is 68.7 Å². The van der Waals surface area contributed by atoms with E-state index in [4.69, 9.17) is 39.5 Å². The van der Waals surface area contributed by atoms with E-state index in [0.717, 1.165) is 5.56 Å². The molecule has 2 aromatic rings. The SMILES string of the molecule is O=C(Cc1ccc(Cl)cc1)N(CC1CN(Cc2cccc(Cl)c2Cl)CCO1)OC(=O)C(F)(F)F. The van der Waals surface area contributed by atoms with E-state index in [2.05, 4.69) is 4.84 Å². The van der Waals surface area contributed by atoms with Crippen molar-refractivity contribution in [2.75, 3.05) is 26.2 Å². The minimum absolute atomic E-state index is 0.259. The number of nitrogens with zero attached hydrogens (tertiary/aromatic N) is 2. The molecule has 1 aliphatic rings. The molecule has 0 bridgehead atoms. The quantitative estimate of drug-likeness (QED) is 0.487. The van der Waals surface area contributed by atoms with E-state index >= 15 is 0 Å². The molecule has 1 unspecified atom stereocenters. The Morgan fingerprint density at radius 2 is 1.82 bits per heavy atom. The van der Waals surface area contributed by atoms with E-state index in [1.807, 2.05) is 11.0 Å². The predicted octanol–water partition coefficient (Wildman–Crippen LogP) is 4.94. The molecule has 1 aliphatic heterocycles. The second-order valence-electron chi connectivity index (χ2n) is 7.58. The maximum Gasteiger partial charge on any atom is 0.493 e. The summed E-state index contributed by atoms with van der Waals surface area (Å²) in [7, 11) is 0. The van der Waals surface area contributed by atoms with Crippen molar-refractivity contribution in [2.45, 2.75) is 25.2 Å². The zero-order chi connectivity index (χ0) is 24.9. The Balaban J connectivity index is 1.69. The van der Waals surface area contributed by atoms with Gasteiger partial charge in [0.25, 0.3) is 5.91 Å². The summed E-state index contributed by atoms with van der Waals surface area (Å²) < 4.78 is 44.1. The Bertz CT molecular complexity index is 1020. The van der Waals surface area contributed by atoms with Gasteiger partial charge < -0.3 is 9.57 Å². The van der Waals surface area contributed by atoms with Crippen LogP contribution >= 0.6 is 34.8 Å². The van der Waals surface area contributed by atoms with Gasteiger partial charge >= 0.3 is 12.1 Å². The number of rotatable bonds is 6. The smallest absolute Gasteiger partial charge is 0.374 e. The summed E-state index contributed by atoms with van der Waals surface area (Å²) in [5, 5.41) is 1.66. The van der Waals surface area contributed by atoms with Gasteiger partial charge in [0.15, 0.2) is 0 Å². The second kappa shape index (κ2) is 11.6. The summed E-state index contributed by atoms with van der Waals surface area (Å²) in [5.41, 5.74) is 1.26. The number of hydroxylamine groups is 2. The third kappa shape index (κ3) is 7.48. The average molecular weight is 540 g/mol. The first-order chi connectivity index (χ1) is 16.0. The van der Waals surface area contributed by atoms with E-state index in [9.17, 15) is 22.8 Å². The molecular formula is C22H20Cl3F3N2O4. The van der Waals surface area contributed by atoms with Crippen LogP contribution in [0.15, 0.2) is 42.5 Å². The molecule has 1 amide bonds. The van der Waals surface area contributed by atoms with Gasteiger partial charge in [0.1, 0.15) is 0 Å². The van der Waals surface area contributed by atoms with Crippen molar-refractivity contribution in [1.29, 1.82) is 0 Å². The van der Waals surface area contributed by atoms with E-state index in [-0.39, 0.29) is 26.1 Å². The van der Waals surface area contributed by atoms with Crippen LogP contribution < -0.4 is 0 Å². The van der Waals surface area contributed by atoms with Gasteiger partial charge in [-0.1, -0.05) is 59.1 Å². The lowest BCUT2D eigenvalue weighted by molar-refractivity contribution is -0.241. The van der Waals surface area contributed by atoms with Crippen molar-refractivity contribution in [3.63, 3.8) is 0 Å². The summed E-state index contributed by atoms with van der Waals surface area (Å²) in [6.07, 6.45) is -6.26. The van der Waals surface area contributed by atoms with E-state index in [1.165, 1.54) is 0 Å². The molecule has 1 saturated heterocycles. The number of alkyl halides is 3. The molecule has 12 heteroatoms. The lowest BCUT2D eigenvalue weighted by Crippen LogP contribution is -2.50. The van der Waals surface area contributed by atoms with Crippen LogP contribution in [0.2, 0.25) is 15.1 Å². The van der Waals surface area contributed by atoms with Gasteiger partial charge in [0.05, 0.1) is 35.7 Å². The Morgan fingerprint density at radius 1 is 1.12 bits per heavy atom. The Hall–Kier alpha value is -2.04. The molecule has 3 rings (SSSR count). The fourth-order valence-corrected chi connectivity index (χ4v) is 3.84. The van der Waals surface area contributed by atoms with Crippen molar-refractivity contribution >= 4 is 46.7 Å². The topological polar surface area (TPSA) is 59.1 Å². The highest BCUT2D eigenvalue weighted by molar-refractivity contribution is 6.42. The summed E-state index contributed by atoms with van der Waals surface area (Å²) in [5.74, 6) is -3.33. The summed E-state index contributed by atoms with van der Waals surface area (Å²) in [6.45, 7) is 1.08. The number of carbonyl (C=O) groups is 2. The molecular weight excluding hydrogens is 520 g/mol.